The lowest BCUT2D eigenvalue weighted by Crippen LogP contribution is -2.20. The zero-order valence-electron chi connectivity index (χ0n) is 12.4. The Kier molecular flexibility index (Phi) is 4.23. The lowest BCUT2D eigenvalue weighted by molar-refractivity contribution is 0.300. The van der Waals surface area contributed by atoms with Crippen LogP contribution < -0.4 is 5.32 Å². The molecule has 3 nitrogen and oxygen atoms in total. The molecule has 112 valence electrons. The molecule has 2 N–H and O–H groups in total. The molecule has 0 amide bonds. The lowest BCUT2D eigenvalue weighted by Gasteiger charge is -2.26. The third kappa shape index (κ3) is 3.63. The molecule has 0 bridgehead atoms. The van der Waals surface area contributed by atoms with E-state index in [-0.39, 0.29) is 5.82 Å². The van der Waals surface area contributed by atoms with Gasteiger partial charge in [0.15, 0.2) is 0 Å². The predicted octanol–water partition coefficient (Wildman–Crippen LogP) is 4.45. The van der Waals surface area contributed by atoms with Crippen molar-refractivity contribution in [3.63, 3.8) is 0 Å². The van der Waals surface area contributed by atoms with Crippen molar-refractivity contribution in [3.8, 4) is 11.3 Å². The highest BCUT2D eigenvalue weighted by molar-refractivity contribution is 5.62. The third-order valence-electron chi connectivity index (χ3n) is 4.43. The standard InChI is InChI=1S/C17H22FN3/c1-12-2-4-13(5-3-12)11-19-17-10-16(20-21-17)14-6-8-15(18)9-7-14/h6-10,12-13H,2-5,11H2,1H3,(H2,19,20,21)/t12-,13-. The van der Waals surface area contributed by atoms with E-state index in [2.05, 4.69) is 22.4 Å². The Morgan fingerprint density at radius 2 is 1.90 bits per heavy atom. The van der Waals surface area contributed by atoms with Gasteiger partial charge in [0.25, 0.3) is 0 Å². The molecular formula is C17H22FN3. The second kappa shape index (κ2) is 6.29. The Balaban J connectivity index is 1.56. The van der Waals surface area contributed by atoms with Crippen LogP contribution in [0.5, 0.6) is 0 Å². The first kappa shape index (κ1) is 14.1. The van der Waals surface area contributed by atoms with Gasteiger partial charge in [0.05, 0.1) is 5.69 Å². The maximum absolute atomic E-state index is 12.9. The molecule has 2 aromatic rings. The largest absolute Gasteiger partial charge is 0.370 e. The van der Waals surface area contributed by atoms with Gasteiger partial charge in [-0.3, -0.25) is 5.10 Å². The van der Waals surface area contributed by atoms with Crippen molar-refractivity contribution < 1.29 is 4.39 Å². The normalized spacial score (nSPS) is 22.2. The Labute approximate surface area is 125 Å². The molecule has 1 heterocycles. The number of aromatic nitrogens is 2. The first-order chi connectivity index (χ1) is 10.2. The highest BCUT2D eigenvalue weighted by Gasteiger charge is 2.18. The van der Waals surface area contributed by atoms with Crippen LogP contribution in [0.4, 0.5) is 10.2 Å². The van der Waals surface area contributed by atoms with Crippen LogP contribution in [0.3, 0.4) is 0 Å². The van der Waals surface area contributed by atoms with Gasteiger partial charge in [-0.2, -0.15) is 5.10 Å². The van der Waals surface area contributed by atoms with Gasteiger partial charge in [0, 0.05) is 18.2 Å². The number of benzene rings is 1. The van der Waals surface area contributed by atoms with Gasteiger partial charge in [-0.25, -0.2) is 4.39 Å². The molecule has 1 aliphatic rings. The molecule has 1 aromatic carbocycles. The van der Waals surface area contributed by atoms with Crippen molar-refractivity contribution >= 4 is 5.82 Å². The van der Waals surface area contributed by atoms with Crippen molar-refractivity contribution in [2.24, 2.45) is 11.8 Å². The fraction of sp³-hybridized carbons (Fsp3) is 0.471. The second-order valence-corrected chi connectivity index (χ2v) is 6.18. The van der Waals surface area contributed by atoms with Crippen LogP contribution in [0.25, 0.3) is 11.3 Å². The van der Waals surface area contributed by atoms with Gasteiger partial charge in [-0.05, 0) is 48.9 Å². The highest BCUT2D eigenvalue weighted by Crippen LogP contribution is 2.28. The molecule has 0 spiro atoms. The number of H-pyrrole nitrogens is 1. The molecule has 0 aliphatic heterocycles. The van der Waals surface area contributed by atoms with E-state index in [9.17, 15) is 4.39 Å². The molecule has 0 saturated heterocycles. The van der Waals surface area contributed by atoms with Crippen LogP contribution in [0, 0.1) is 17.7 Å². The fourth-order valence-electron chi connectivity index (χ4n) is 2.97. The van der Waals surface area contributed by atoms with E-state index in [0.717, 1.165) is 35.5 Å². The lowest BCUT2D eigenvalue weighted by atomic mass is 9.83. The van der Waals surface area contributed by atoms with E-state index in [1.54, 1.807) is 12.1 Å². The smallest absolute Gasteiger partial charge is 0.123 e. The summed E-state index contributed by atoms with van der Waals surface area (Å²) < 4.78 is 12.9. The number of halogens is 1. The number of aromatic amines is 1. The number of anilines is 1. The first-order valence-electron chi connectivity index (χ1n) is 7.76. The molecule has 1 fully saturated rings. The van der Waals surface area contributed by atoms with E-state index in [0.29, 0.717) is 0 Å². The van der Waals surface area contributed by atoms with E-state index in [4.69, 9.17) is 0 Å². The van der Waals surface area contributed by atoms with E-state index < -0.39 is 0 Å². The molecule has 21 heavy (non-hydrogen) atoms. The summed E-state index contributed by atoms with van der Waals surface area (Å²) in [5.41, 5.74) is 1.77. The number of nitrogens with zero attached hydrogens (tertiary/aromatic N) is 1. The Morgan fingerprint density at radius 1 is 1.19 bits per heavy atom. The summed E-state index contributed by atoms with van der Waals surface area (Å²) in [6.45, 7) is 3.34. The van der Waals surface area contributed by atoms with Crippen molar-refractivity contribution in [2.75, 3.05) is 11.9 Å². The number of rotatable bonds is 4. The van der Waals surface area contributed by atoms with Gasteiger partial charge in [-0.1, -0.05) is 19.8 Å². The summed E-state index contributed by atoms with van der Waals surface area (Å²) in [4.78, 5) is 0. The minimum Gasteiger partial charge on any atom is -0.370 e. The van der Waals surface area contributed by atoms with Crippen molar-refractivity contribution in [3.05, 3.63) is 36.1 Å². The van der Waals surface area contributed by atoms with Gasteiger partial charge in [-0.15, -0.1) is 0 Å². The maximum atomic E-state index is 12.9. The molecule has 0 radical (unpaired) electrons. The molecular weight excluding hydrogens is 265 g/mol. The maximum Gasteiger partial charge on any atom is 0.123 e. The highest BCUT2D eigenvalue weighted by atomic mass is 19.1. The van der Waals surface area contributed by atoms with Crippen LogP contribution >= 0.6 is 0 Å². The minimum absolute atomic E-state index is 0.223. The monoisotopic (exact) mass is 287 g/mol. The van der Waals surface area contributed by atoms with Crippen molar-refractivity contribution in [1.29, 1.82) is 0 Å². The molecule has 1 aliphatic carbocycles. The van der Waals surface area contributed by atoms with E-state index >= 15 is 0 Å². The van der Waals surface area contributed by atoms with Crippen molar-refractivity contribution in [1.82, 2.24) is 10.2 Å². The number of hydrogen-bond donors (Lipinski definition) is 2. The average Bonchev–Trinajstić information content (AvgIpc) is 2.96. The van der Waals surface area contributed by atoms with Crippen LogP contribution in [0.1, 0.15) is 32.6 Å². The quantitative estimate of drug-likeness (QED) is 0.872. The SMILES string of the molecule is C[C@H]1CC[C@H](CNc2cc(-c3ccc(F)cc3)n[nH]2)CC1. The third-order valence-corrected chi connectivity index (χ3v) is 4.43. The predicted molar refractivity (Wildman–Crippen MR) is 83.6 cm³/mol. The van der Waals surface area contributed by atoms with Gasteiger partial charge in [0.1, 0.15) is 11.6 Å². The molecule has 0 atom stereocenters. The molecule has 3 rings (SSSR count). The summed E-state index contributed by atoms with van der Waals surface area (Å²) in [6, 6.07) is 8.40. The van der Waals surface area contributed by atoms with Crippen LogP contribution in [0.2, 0.25) is 0 Å². The summed E-state index contributed by atoms with van der Waals surface area (Å²) in [5, 5.41) is 10.7. The fourth-order valence-corrected chi connectivity index (χ4v) is 2.97. The van der Waals surface area contributed by atoms with Gasteiger partial charge in [0.2, 0.25) is 0 Å². The topological polar surface area (TPSA) is 40.7 Å². The van der Waals surface area contributed by atoms with Crippen molar-refractivity contribution in [2.45, 2.75) is 32.6 Å². The zero-order valence-corrected chi connectivity index (χ0v) is 12.4. The number of nitrogens with one attached hydrogen (secondary N) is 2. The summed E-state index contributed by atoms with van der Waals surface area (Å²) in [6.07, 6.45) is 5.31. The summed E-state index contributed by atoms with van der Waals surface area (Å²) in [5.74, 6) is 2.37. The second-order valence-electron chi connectivity index (χ2n) is 6.18. The van der Waals surface area contributed by atoms with Crippen LogP contribution in [-0.2, 0) is 0 Å². The molecule has 4 heteroatoms. The Hall–Kier alpha value is -1.84. The summed E-state index contributed by atoms with van der Waals surface area (Å²) >= 11 is 0. The van der Waals surface area contributed by atoms with Crippen LogP contribution in [0.15, 0.2) is 30.3 Å². The molecule has 0 unspecified atom stereocenters. The Bertz CT molecular complexity index is 568. The summed E-state index contributed by atoms with van der Waals surface area (Å²) in [7, 11) is 0. The van der Waals surface area contributed by atoms with Gasteiger partial charge >= 0.3 is 0 Å². The van der Waals surface area contributed by atoms with E-state index in [1.807, 2.05) is 6.07 Å². The minimum atomic E-state index is -0.223. The zero-order chi connectivity index (χ0) is 14.7. The van der Waals surface area contributed by atoms with Gasteiger partial charge < -0.3 is 5.32 Å². The Morgan fingerprint density at radius 3 is 2.62 bits per heavy atom. The average molecular weight is 287 g/mol. The molecule has 1 saturated carbocycles. The molecule has 1 aromatic heterocycles. The first-order valence-corrected chi connectivity index (χ1v) is 7.76. The van der Waals surface area contributed by atoms with Crippen LogP contribution in [-0.4, -0.2) is 16.7 Å². The van der Waals surface area contributed by atoms with E-state index in [1.165, 1.54) is 37.8 Å². The number of hydrogen-bond acceptors (Lipinski definition) is 2.